The van der Waals surface area contributed by atoms with Crippen molar-refractivity contribution in [3.8, 4) is 5.75 Å². The van der Waals surface area contributed by atoms with Crippen LogP contribution in [0.5, 0.6) is 5.75 Å². The number of rotatable bonds is 2. The minimum absolute atomic E-state index is 0.145. The van der Waals surface area contributed by atoms with Crippen LogP contribution in [0.4, 0.5) is 0 Å². The topological polar surface area (TPSA) is 40.5 Å². The van der Waals surface area contributed by atoms with E-state index in [-0.39, 0.29) is 16.7 Å². The Morgan fingerprint density at radius 3 is 2.04 bits per heavy atom. The van der Waals surface area contributed by atoms with E-state index in [2.05, 4.69) is 59.8 Å². The third kappa shape index (κ3) is 3.74. The van der Waals surface area contributed by atoms with Crippen LogP contribution < -0.4 is 0 Å². The third-order valence-corrected chi connectivity index (χ3v) is 5.80. The first-order valence-electron chi connectivity index (χ1n) is 9.03. The Bertz CT molecular complexity index is 698. The van der Waals surface area contributed by atoms with E-state index in [0.29, 0.717) is 17.5 Å². The standard InChI is InChI=1S/C21H29NO2S/c1-20(2,3)15-9-13(10-16(19(15)24)21(4,5)6)11-18-22(14-7-8-14)17(23)12-25-18/h9-11,14,24H,7-8,12H2,1-6H3. The van der Waals surface area contributed by atoms with E-state index in [1.54, 1.807) is 11.8 Å². The summed E-state index contributed by atoms with van der Waals surface area (Å²) in [4.78, 5) is 14.2. The van der Waals surface area contributed by atoms with E-state index >= 15 is 0 Å². The first-order valence-corrected chi connectivity index (χ1v) is 10.0. The van der Waals surface area contributed by atoms with Crippen LogP contribution in [-0.4, -0.2) is 27.7 Å². The lowest BCUT2D eigenvalue weighted by Crippen LogP contribution is -2.26. The zero-order valence-electron chi connectivity index (χ0n) is 16.1. The van der Waals surface area contributed by atoms with Gasteiger partial charge in [0.1, 0.15) is 5.75 Å². The minimum atomic E-state index is -0.145. The zero-order valence-corrected chi connectivity index (χ0v) is 17.0. The molecule has 1 N–H and O–H groups in total. The van der Waals surface area contributed by atoms with Crippen molar-refractivity contribution in [3.05, 3.63) is 33.9 Å². The van der Waals surface area contributed by atoms with Crippen LogP contribution in [0.25, 0.3) is 6.08 Å². The van der Waals surface area contributed by atoms with Gasteiger partial charge in [0.15, 0.2) is 0 Å². The van der Waals surface area contributed by atoms with E-state index in [4.69, 9.17) is 0 Å². The Kier molecular flexibility index (Phi) is 4.47. The van der Waals surface area contributed by atoms with Gasteiger partial charge in [0.2, 0.25) is 5.91 Å². The van der Waals surface area contributed by atoms with E-state index in [1.807, 2.05) is 4.90 Å². The smallest absolute Gasteiger partial charge is 0.238 e. The molecule has 1 amide bonds. The van der Waals surface area contributed by atoms with Gasteiger partial charge in [-0.1, -0.05) is 53.3 Å². The zero-order chi connectivity index (χ0) is 18.6. The molecule has 3 nitrogen and oxygen atoms in total. The Morgan fingerprint density at radius 2 is 1.60 bits per heavy atom. The first-order chi connectivity index (χ1) is 11.5. The Hall–Kier alpha value is -1.42. The quantitative estimate of drug-likeness (QED) is 0.806. The van der Waals surface area contributed by atoms with Crippen LogP contribution >= 0.6 is 11.8 Å². The van der Waals surface area contributed by atoms with Crippen LogP contribution in [0, 0.1) is 0 Å². The summed E-state index contributed by atoms with van der Waals surface area (Å²) in [6.45, 7) is 12.7. The number of carbonyl (C=O) groups excluding carboxylic acids is 1. The molecule has 1 heterocycles. The summed E-state index contributed by atoms with van der Waals surface area (Å²) in [5, 5.41) is 11.9. The van der Waals surface area contributed by atoms with Crippen LogP contribution in [0.1, 0.15) is 71.1 Å². The Labute approximate surface area is 155 Å². The summed E-state index contributed by atoms with van der Waals surface area (Å²) in [6.07, 6.45) is 4.34. The van der Waals surface area contributed by atoms with Gasteiger partial charge in [-0.2, -0.15) is 0 Å². The summed E-state index contributed by atoms with van der Waals surface area (Å²) in [5.41, 5.74) is 2.69. The monoisotopic (exact) mass is 359 g/mol. The van der Waals surface area contributed by atoms with Gasteiger partial charge in [0.05, 0.1) is 10.8 Å². The van der Waals surface area contributed by atoms with Crippen LogP contribution in [0.15, 0.2) is 17.2 Å². The molecule has 0 radical (unpaired) electrons. The van der Waals surface area contributed by atoms with Crippen LogP contribution in [0.2, 0.25) is 0 Å². The number of hydrogen-bond donors (Lipinski definition) is 1. The van der Waals surface area contributed by atoms with Gasteiger partial charge >= 0.3 is 0 Å². The van der Waals surface area contributed by atoms with Crippen molar-refractivity contribution in [2.75, 3.05) is 5.75 Å². The van der Waals surface area contributed by atoms with Gasteiger partial charge in [-0.3, -0.25) is 4.79 Å². The SMILES string of the molecule is CC(C)(C)c1cc(C=C2SCC(=O)N2C2CC2)cc(C(C)(C)C)c1O. The van der Waals surface area contributed by atoms with E-state index in [1.165, 1.54) is 0 Å². The van der Waals surface area contributed by atoms with Crippen molar-refractivity contribution in [1.82, 2.24) is 4.90 Å². The maximum atomic E-state index is 12.2. The number of phenols is 1. The molecule has 1 saturated heterocycles. The lowest BCUT2D eigenvalue weighted by atomic mass is 9.78. The molecule has 4 heteroatoms. The molecule has 0 atom stereocenters. The number of phenolic OH excluding ortho intramolecular Hbond substituents is 1. The maximum Gasteiger partial charge on any atom is 0.238 e. The van der Waals surface area contributed by atoms with E-state index in [0.717, 1.165) is 34.6 Å². The van der Waals surface area contributed by atoms with E-state index < -0.39 is 0 Å². The molecule has 1 aliphatic carbocycles. The molecule has 1 saturated carbocycles. The molecule has 1 aromatic rings. The summed E-state index contributed by atoms with van der Waals surface area (Å²) in [5.74, 6) is 1.17. The normalized spacial score (nSPS) is 20.6. The summed E-state index contributed by atoms with van der Waals surface area (Å²) < 4.78 is 0. The van der Waals surface area contributed by atoms with Crippen molar-refractivity contribution < 1.29 is 9.90 Å². The average Bonchev–Trinajstić information content (AvgIpc) is 3.23. The fourth-order valence-electron chi connectivity index (χ4n) is 3.25. The van der Waals surface area contributed by atoms with Gasteiger partial charge in [-0.25, -0.2) is 0 Å². The second kappa shape index (κ2) is 6.08. The maximum absolute atomic E-state index is 12.2. The lowest BCUT2D eigenvalue weighted by Gasteiger charge is -2.28. The Balaban J connectivity index is 2.10. The molecule has 0 unspecified atom stereocenters. The number of carbonyl (C=O) groups is 1. The second-order valence-corrected chi connectivity index (χ2v) is 10.2. The van der Waals surface area contributed by atoms with Gasteiger partial charge in [0, 0.05) is 17.2 Å². The molecule has 136 valence electrons. The number of thioether (sulfide) groups is 1. The van der Waals surface area contributed by atoms with Crippen molar-refractivity contribution in [3.63, 3.8) is 0 Å². The second-order valence-electron chi connectivity index (χ2n) is 9.23. The predicted molar refractivity (Wildman–Crippen MR) is 106 cm³/mol. The molecule has 1 aromatic carbocycles. The molecule has 0 aromatic heterocycles. The molecule has 2 aliphatic rings. The fraction of sp³-hybridized carbons (Fsp3) is 0.571. The van der Waals surface area contributed by atoms with Crippen molar-refractivity contribution in [2.24, 2.45) is 0 Å². The third-order valence-electron chi connectivity index (χ3n) is 4.80. The predicted octanol–water partition coefficient (Wildman–Crippen LogP) is 5.02. The molecule has 0 bridgehead atoms. The largest absolute Gasteiger partial charge is 0.507 e. The molecular weight excluding hydrogens is 330 g/mol. The molecular formula is C21H29NO2S. The molecule has 25 heavy (non-hydrogen) atoms. The van der Waals surface area contributed by atoms with Crippen molar-refractivity contribution in [2.45, 2.75) is 71.3 Å². The molecule has 3 rings (SSSR count). The summed E-state index contributed by atoms with van der Waals surface area (Å²) in [6, 6.07) is 4.55. The highest BCUT2D eigenvalue weighted by molar-refractivity contribution is 8.04. The molecule has 1 aliphatic heterocycles. The summed E-state index contributed by atoms with van der Waals surface area (Å²) >= 11 is 1.63. The number of aromatic hydroxyl groups is 1. The lowest BCUT2D eigenvalue weighted by molar-refractivity contribution is -0.125. The highest BCUT2D eigenvalue weighted by atomic mass is 32.2. The molecule has 0 spiro atoms. The minimum Gasteiger partial charge on any atom is -0.507 e. The first kappa shape index (κ1) is 18.4. The van der Waals surface area contributed by atoms with Crippen LogP contribution in [-0.2, 0) is 15.6 Å². The van der Waals surface area contributed by atoms with Crippen LogP contribution in [0.3, 0.4) is 0 Å². The van der Waals surface area contributed by atoms with Crippen molar-refractivity contribution in [1.29, 1.82) is 0 Å². The Morgan fingerprint density at radius 1 is 1.08 bits per heavy atom. The van der Waals surface area contributed by atoms with Crippen molar-refractivity contribution >= 4 is 23.7 Å². The van der Waals surface area contributed by atoms with E-state index in [9.17, 15) is 9.90 Å². The van der Waals surface area contributed by atoms with Gasteiger partial charge in [-0.15, -0.1) is 0 Å². The van der Waals surface area contributed by atoms with Gasteiger partial charge in [-0.05, 0) is 47.4 Å². The fourth-order valence-corrected chi connectivity index (χ4v) is 4.27. The highest BCUT2D eigenvalue weighted by Crippen LogP contribution is 2.43. The van der Waals surface area contributed by atoms with Gasteiger partial charge in [0.25, 0.3) is 0 Å². The van der Waals surface area contributed by atoms with Gasteiger partial charge < -0.3 is 10.0 Å². The number of amides is 1. The number of benzene rings is 1. The average molecular weight is 360 g/mol. The number of hydrogen-bond acceptors (Lipinski definition) is 3. The number of nitrogens with zero attached hydrogens (tertiary/aromatic N) is 1. The highest BCUT2D eigenvalue weighted by Gasteiger charge is 2.39. The summed E-state index contributed by atoms with van der Waals surface area (Å²) in [7, 11) is 0. The molecule has 2 fully saturated rings.